The van der Waals surface area contributed by atoms with E-state index in [1.165, 1.54) is 0 Å². The number of ketones is 1. The van der Waals surface area contributed by atoms with E-state index in [0.29, 0.717) is 24.9 Å². The smallest absolute Gasteiger partial charge is 0.138 e. The van der Waals surface area contributed by atoms with Crippen molar-refractivity contribution in [3.8, 4) is 0 Å². The van der Waals surface area contributed by atoms with E-state index >= 15 is 0 Å². The number of hydrogen-bond donors (Lipinski definition) is 0. The molecule has 0 unspecified atom stereocenters. The van der Waals surface area contributed by atoms with E-state index in [-0.39, 0.29) is 5.41 Å². The fraction of sp³-hybridized carbons (Fsp3) is 0.941. The monoisotopic (exact) mass is 298 g/mol. The molecule has 0 spiro atoms. The van der Waals surface area contributed by atoms with Crippen LogP contribution in [0.25, 0.3) is 0 Å². The molecule has 21 heavy (non-hydrogen) atoms. The fourth-order valence-corrected chi connectivity index (χ4v) is 2.51. The number of carbonyl (C=O) groups is 1. The molecular formula is C17H34N2O2. The molecule has 1 saturated heterocycles. The Labute approximate surface area is 130 Å². The van der Waals surface area contributed by atoms with Gasteiger partial charge in [-0.2, -0.15) is 0 Å². The van der Waals surface area contributed by atoms with E-state index in [0.717, 1.165) is 45.8 Å². The van der Waals surface area contributed by atoms with Gasteiger partial charge in [0.1, 0.15) is 5.78 Å². The molecule has 1 aliphatic heterocycles. The molecule has 4 nitrogen and oxygen atoms in total. The van der Waals surface area contributed by atoms with Crippen molar-refractivity contribution in [3.05, 3.63) is 0 Å². The van der Waals surface area contributed by atoms with Gasteiger partial charge in [-0.05, 0) is 20.3 Å². The summed E-state index contributed by atoms with van der Waals surface area (Å²) in [6.07, 6.45) is 1.48. The van der Waals surface area contributed by atoms with Crippen LogP contribution in [-0.4, -0.2) is 67.6 Å². The van der Waals surface area contributed by atoms with Gasteiger partial charge < -0.3 is 4.74 Å². The summed E-state index contributed by atoms with van der Waals surface area (Å²) < 4.78 is 5.67. The predicted octanol–water partition coefficient (Wildman–Crippen LogP) is 2.42. The summed E-state index contributed by atoms with van der Waals surface area (Å²) in [6.45, 7) is 17.6. The molecular weight excluding hydrogens is 264 g/mol. The Morgan fingerprint density at radius 1 is 1.10 bits per heavy atom. The SMILES string of the molecule is CC(C)N1CCN(CCOCCCC(=O)C(C)(C)C)CC1. The number of rotatable bonds is 8. The van der Waals surface area contributed by atoms with Gasteiger partial charge in [0.15, 0.2) is 0 Å². The van der Waals surface area contributed by atoms with Gasteiger partial charge >= 0.3 is 0 Å². The molecule has 0 aliphatic carbocycles. The molecule has 1 aliphatic rings. The Bertz CT molecular complexity index is 302. The minimum atomic E-state index is -0.212. The minimum Gasteiger partial charge on any atom is -0.380 e. The van der Waals surface area contributed by atoms with Crippen molar-refractivity contribution in [1.82, 2.24) is 9.80 Å². The van der Waals surface area contributed by atoms with E-state index in [1.54, 1.807) is 0 Å². The molecule has 0 atom stereocenters. The van der Waals surface area contributed by atoms with Crippen LogP contribution in [0.4, 0.5) is 0 Å². The molecule has 1 heterocycles. The Balaban J connectivity index is 1.99. The maximum atomic E-state index is 11.8. The van der Waals surface area contributed by atoms with E-state index in [2.05, 4.69) is 23.6 Å². The molecule has 0 N–H and O–H groups in total. The maximum absolute atomic E-state index is 11.8. The van der Waals surface area contributed by atoms with Crippen LogP contribution in [0.5, 0.6) is 0 Å². The van der Waals surface area contributed by atoms with Crippen LogP contribution in [0.3, 0.4) is 0 Å². The highest BCUT2D eigenvalue weighted by atomic mass is 16.5. The molecule has 0 aromatic heterocycles. The van der Waals surface area contributed by atoms with Gasteiger partial charge in [-0.15, -0.1) is 0 Å². The summed E-state index contributed by atoms with van der Waals surface area (Å²) >= 11 is 0. The molecule has 124 valence electrons. The van der Waals surface area contributed by atoms with Crippen molar-refractivity contribution in [1.29, 1.82) is 0 Å². The third-order valence-electron chi connectivity index (χ3n) is 4.22. The van der Waals surface area contributed by atoms with Crippen molar-refractivity contribution in [3.63, 3.8) is 0 Å². The number of piperazine rings is 1. The minimum absolute atomic E-state index is 0.212. The average molecular weight is 298 g/mol. The van der Waals surface area contributed by atoms with Gasteiger partial charge in [0.25, 0.3) is 0 Å². The molecule has 0 aromatic rings. The molecule has 1 rings (SSSR count). The number of carbonyl (C=O) groups excluding carboxylic acids is 1. The van der Waals surface area contributed by atoms with Crippen LogP contribution in [0.1, 0.15) is 47.5 Å². The quantitative estimate of drug-likeness (QED) is 0.644. The van der Waals surface area contributed by atoms with Crippen LogP contribution in [-0.2, 0) is 9.53 Å². The van der Waals surface area contributed by atoms with E-state index in [9.17, 15) is 4.79 Å². The van der Waals surface area contributed by atoms with Crippen LogP contribution in [0.2, 0.25) is 0 Å². The molecule has 0 bridgehead atoms. The highest BCUT2D eigenvalue weighted by Crippen LogP contribution is 2.17. The molecule has 0 radical (unpaired) electrons. The largest absolute Gasteiger partial charge is 0.380 e. The summed E-state index contributed by atoms with van der Waals surface area (Å²) in [5.74, 6) is 0.330. The predicted molar refractivity (Wildman–Crippen MR) is 87.7 cm³/mol. The first-order chi connectivity index (χ1) is 9.80. The van der Waals surface area contributed by atoms with Crippen molar-refractivity contribution >= 4 is 5.78 Å². The zero-order valence-electron chi connectivity index (χ0n) is 14.7. The van der Waals surface area contributed by atoms with Crippen molar-refractivity contribution in [2.45, 2.75) is 53.5 Å². The molecule has 0 amide bonds. The third-order valence-corrected chi connectivity index (χ3v) is 4.22. The molecule has 1 fully saturated rings. The topological polar surface area (TPSA) is 32.8 Å². The lowest BCUT2D eigenvalue weighted by molar-refractivity contribution is -0.126. The van der Waals surface area contributed by atoms with Gasteiger partial charge in [0.2, 0.25) is 0 Å². The molecule has 0 saturated carbocycles. The molecule has 4 heteroatoms. The fourth-order valence-electron chi connectivity index (χ4n) is 2.51. The number of nitrogens with zero attached hydrogens (tertiary/aromatic N) is 2. The second-order valence-electron chi connectivity index (χ2n) is 7.36. The highest BCUT2D eigenvalue weighted by molar-refractivity contribution is 5.83. The summed E-state index contributed by atoms with van der Waals surface area (Å²) in [5.41, 5.74) is -0.212. The van der Waals surface area contributed by atoms with E-state index in [4.69, 9.17) is 4.74 Å². The van der Waals surface area contributed by atoms with Crippen molar-refractivity contribution < 1.29 is 9.53 Å². The van der Waals surface area contributed by atoms with Gasteiger partial charge in [-0.25, -0.2) is 0 Å². The zero-order chi connectivity index (χ0) is 15.9. The first-order valence-corrected chi connectivity index (χ1v) is 8.38. The Morgan fingerprint density at radius 3 is 2.24 bits per heavy atom. The third kappa shape index (κ3) is 7.39. The van der Waals surface area contributed by atoms with Crippen LogP contribution < -0.4 is 0 Å². The lowest BCUT2D eigenvalue weighted by Gasteiger charge is -2.36. The lowest BCUT2D eigenvalue weighted by Crippen LogP contribution is -2.49. The number of ether oxygens (including phenoxy) is 1. The lowest BCUT2D eigenvalue weighted by atomic mass is 9.88. The van der Waals surface area contributed by atoms with E-state index < -0.39 is 0 Å². The van der Waals surface area contributed by atoms with Gasteiger partial charge in [-0.3, -0.25) is 14.6 Å². The first-order valence-electron chi connectivity index (χ1n) is 8.38. The maximum Gasteiger partial charge on any atom is 0.138 e. The normalized spacial score (nSPS) is 18.4. The highest BCUT2D eigenvalue weighted by Gasteiger charge is 2.20. The standard InChI is InChI=1S/C17H34N2O2/c1-15(2)19-10-8-18(9-11-19)12-14-21-13-6-7-16(20)17(3,4)5/h15H,6-14H2,1-5H3. The van der Waals surface area contributed by atoms with E-state index in [1.807, 2.05) is 20.8 Å². The summed E-state index contributed by atoms with van der Waals surface area (Å²) in [4.78, 5) is 16.8. The Morgan fingerprint density at radius 2 is 1.71 bits per heavy atom. The zero-order valence-corrected chi connectivity index (χ0v) is 14.7. The average Bonchev–Trinajstić information content (AvgIpc) is 2.41. The summed E-state index contributed by atoms with van der Waals surface area (Å²) in [7, 11) is 0. The van der Waals surface area contributed by atoms with Crippen LogP contribution >= 0.6 is 0 Å². The summed E-state index contributed by atoms with van der Waals surface area (Å²) in [5, 5.41) is 0. The second kappa shape index (κ2) is 8.86. The Hall–Kier alpha value is -0.450. The first kappa shape index (κ1) is 18.6. The van der Waals surface area contributed by atoms with Gasteiger partial charge in [0, 0.05) is 57.2 Å². The summed E-state index contributed by atoms with van der Waals surface area (Å²) in [6, 6.07) is 0.656. The van der Waals surface area contributed by atoms with Gasteiger partial charge in [-0.1, -0.05) is 20.8 Å². The second-order valence-corrected chi connectivity index (χ2v) is 7.36. The van der Waals surface area contributed by atoms with Crippen molar-refractivity contribution in [2.75, 3.05) is 45.9 Å². The number of Topliss-reactive ketones (excluding diaryl/α,β-unsaturated/α-hetero) is 1. The molecule has 0 aromatic carbocycles. The Kier molecular flexibility index (Phi) is 7.85. The van der Waals surface area contributed by atoms with Crippen LogP contribution in [0.15, 0.2) is 0 Å². The van der Waals surface area contributed by atoms with Gasteiger partial charge in [0.05, 0.1) is 6.61 Å². The van der Waals surface area contributed by atoms with Crippen molar-refractivity contribution in [2.24, 2.45) is 5.41 Å². The number of hydrogen-bond acceptors (Lipinski definition) is 4. The van der Waals surface area contributed by atoms with Crippen LogP contribution in [0, 0.1) is 5.41 Å².